The molecule has 1 aliphatic rings. The first-order valence-electron chi connectivity index (χ1n) is 8.03. The highest BCUT2D eigenvalue weighted by Crippen LogP contribution is 2.25. The maximum atomic E-state index is 12.6. The van der Waals surface area contributed by atoms with Crippen molar-refractivity contribution in [2.75, 3.05) is 17.6 Å². The van der Waals surface area contributed by atoms with Gasteiger partial charge in [0.2, 0.25) is 5.91 Å². The number of sulfonamides is 1. The molecule has 2 aromatic rings. The van der Waals surface area contributed by atoms with Gasteiger partial charge in [-0.2, -0.15) is 0 Å². The first-order valence-corrected chi connectivity index (χ1v) is 10.5. The van der Waals surface area contributed by atoms with E-state index >= 15 is 0 Å². The summed E-state index contributed by atoms with van der Waals surface area (Å²) in [5.74, 6) is 0.530. The number of anilines is 1. The number of aryl methyl sites for hydroxylation is 1. The first kappa shape index (κ1) is 19.2. The molecule has 7 nitrogen and oxygen atoms in total. The van der Waals surface area contributed by atoms with E-state index in [0.29, 0.717) is 17.0 Å². The predicted molar refractivity (Wildman–Crippen MR) is 103 cm³/mol. The molecule has 0 unspecified atom stereocenters. The van der Waals surface area contributed by atoms with Crippen LogP contribution in [0, 0.1) is 6.92 Å². The van der Waals surface area contributed by atoms with Crippen molar-refractivity contribution >= 4 is 38.6 Å². The average molecular weight is 406 g/mol. The lowest BCUT2D eigenvalue weighted by molar-refractivity contribution is -0.125. The molecule has 0 radical (unpaired) electrons. The number of hydrogen-bond acceptors (Lipinski definition) is 6. The molecule has 0 aliphatic carbocycles. The molecule has 9 heteroatoms. The number of carbonyl (C=O) groups excluding carboxylic acids is 2. The van der Waals surface area contributed by atoms with Crippen molar-refractivity contribution in [3.8, 4) is 5.75 Å². The lowest BCUT2D eigenvalue weighted by atomic mass is 10.2. The second-order valence-electron chi connectivity index (χ2n) is 5.97. The van der Waals surface area contributed by atoms with E-state index in [1.807, 2.05) is 0 Å². The molecule has 142 valence electrons. The number of imide groups is 1. The minimum Gasteiger partial charge on any atom is -0.497 e. The van der Waals surface area contributed by atoms with Crippen LogP contribution in [-0.4, -0.2) is 37.3 Å². The smallest absolute Gasteiger partial charge is 0.289 e. The van der Waals surface area contributed by atoms with Crippen LogP contribution in [0.4, 0.5) is 10.5 Å². The molecule has 1 N–H and O–H groups in total. The Kier molecular flexibility index (Phi) is 5.43. The fourth-order valence-electron chi connectivity index (χ4n) is 2.66. The third kappa shape index (κ3) is 4.25. The molecule has 1 aliphatic heterocycles. The second-order valence-corrected chi connectivity index (χ2v) is 8.55. The van der Waals surface area contributed by atoms with Gasteiger partial charge in [0.15, 0.2) is 0 Å². The highest BCUT2D eigenvalue weighted by Gasteiger charge is 2.29. The zero-order valence-electron chi connectivity index (χ0n) is 14.8. The molecule has 2 aromatic carbocycles. The average Bonchev–Trinajstić information content (AvgIpc) is 2.94. The van der Waals surface area contributed by atoms with Gasteiger partial charge in [0, 0.05) is 5.69 Å². The van der Waals surface area contributed by atoms with Crippen molar-refractivity contribution in [3.63, 3.8) is 0 Å². The summed E-state index contributed by atoms with van der Waals surface area (Å²) < 4.78 is 32.9. The molecule has 0 atom stereocenters. The molecule has 0 saturated carbocycles. The monoisotopic (exact) mass is 406 g/mol. The Morgan fingerprint density at radius 2 is 1.85 bits per heavy atom. The van der Waals surface area contributed by atoms with Crippen LogP contribution < -0.4 is 9.46 Å². The number of ether oxygens (including phenoxy) is 1. The van der Waals surface area contributed by atoms with Gasteiger partial charge in [0.1, 0.15) is 5.75 Å². The summed E-state index contributed by atoms with van der Waals surface area (Å²) in [4.78, 5) is 24.7. The number of benzene rings is 2. The van der Waals surface area contributed by atoms with Crippen LogP contribution in [0.3, 0.4) is 0 Å². The number of carbonyl (C=O) groups is 2. The lowest BCUT2D eigenvalue weighted by Crippen LogP contribution is -2.27. The van der Waals surface area contributed by atoms with Gasteiger partial charge < -0.3 is 4.74 Å². The van der Waals surface area contributed by atoms with Gasteiger partial charge in [-0.3, -0.25) is 19.2 Å². The van der Waals surface area contributed by atoms with Gasteiger partial charge in [-0.25, -0.2) is 8.42 Å². The van der Waals surface area contributed by atoms with E-state index in [-0.39, 0.29) is 28.3 Å². The van der Waals surface area contributed by atoms with Gasteiger partial charge in [0.25, 0.3) is 15.3 Å². The van der Waals surface area contributed by atoms with Crippen LogP contribution in [0.2, 0.25) is 0 Å². The summed E-state index contributed by atoms with van der Waals surface area (Å²) in [6.07, 6.45) is 0. The topological polar surface area (TPSA) is 92.8 Å². The Bertz CT molecular complexity index is 971. The highest BCUT2D eigenvalue weighted by molar-refractivity contribution is 8.14. The van der Waals surface area contributed by atoms with Gasteiger partial charge in [0.05, 0.1) is 24.3 Å². The number of amides is 2. The van der Waals surface area contributed by atoms with Gasteiger partial charge in [-0.15, -0.1) is 0 Å². The maximum Gasteiger partial charge on any atom is 0.289 e. The predicted octanol–water partition coefficient (Wildman–Crippen LogP) is 3.00. The standard InChI is InChI=1S/C18H18N2O5S2/c1-12-9-15(25-2)7-8-16(12)27(23,24)19-14-5-3-13(4-6-14)10-20-17(21)11-26-18(20)22/h3-9,19H,10-11H2,1-2H3. The number of hydrogen-bond donors (Lipinski definition) is 1. The molecule has 0 aromatic heterocycles. The first-order chi connectivity index (χ1) is 12.8. The van der Waals surface area contributed by atoms with Crippen LogP contribution in [0.1, 0.15) is 11.1 Å². The van der Waals surface area contributed by atoms with E-state index in [1.165, 1.54) is 18.1 Å². The van der Waals surface area contributed by atoms with Crippen molar-refractivity contribution in [1.82, 2.24) is 4.90 Å². The van der Waals surface area contributed by atoms with E-state index in [9.17, 15) is 18.0 Å². The lowest BCUT2D eigenvalue weighted by Gasteiger charge is -2.14. The zero-order valence-corrected chi connectivity index (χ0v) is 16.4. The molecule has 2 amide bonds. The van der Waals surface area contributed by atoms with E-state index in [0.717, 1.165) is 17.3 Å². The number of rotatable bonds is 6. The summed E-state index contributed by atoms with van der Waals surface area (Å²) in [5, 5.41) is -0.264. The Labute approximate surface area is 161 Å². The quantitative estimate of drug-likeness (QED) is 0.793. The van der Waals surface area contributed by atoms with E-state index in [2.05, 4.69) is 4.72 Å². The number of methoxy groups -OCH3 is 1. The van der Waals surface area contributed by atoms with E-state index < -0.39 is 10.0 Å². The Morgan fingerprint density at radius 1 is 1.15 bits per heavy atom. The zero-order chi connectivity index (χ0) is 19.6. The Morgan fingerprint density at radius 3 is 2.41 bits per heavy atom. The summed E-state index contributed by atoms with van der Waals surface area (Å²) in [5.41, 5.74) is 1.70. The number of thioether (sulfide) groups is 1. The minimum atomic E-state index is -3.75. The van der Waals surface area contributed by atoms with Crippen molar-refractivity contribution in [1.29, 1.82) is 0 Å². The molecule has 0 spiro atoms. The second kappa shape index (κ2) is 7.61. The Balaban J connectivity index is 1.74. The third-order valence-corrected chi connectivity index (χ3v) is 6.46. The minimum absolute atomic E-state index is 0.165. The van der Waals surface area contributed by atoms with Crippen LogP contribution >= 0.6 is 11.8 Å². The van der Waals surface area contributed by atoms with Crippen molar-refractivity contribution in [2.45, 2.75) is 18.4 Å². The summed E-state index contributed by atoms with van der Waals surface area (Å²) in [7, 11) is -2.23. The molecule has 1 heterocycles. The molecule has 1 fully saturated rings. The van der Waals surface area contributed by atoms with Crippen LogP contribution in [0.15, 0.2) is 47.4 Å². The molecular formula is C18H18N2O5S2. The van der Waals surface area contributed by atoms with Gasteiger partial charge >= 0.3 is 0 Å². The summed E-state index contributed by atoms with van der Waals surface area (Å²) >= 11 is 0.982. The summed E-state index contributed by atoms with van der Waals surface area (Å²) in [6.45, 7) is 1.87. The van der Waals surface area contributed by atoms with E-state index in [1.54, 1.807) is 43.3 Å². The van der Waals surface area contributed by atoms with Gasteiger partial charge in [-0.05, 0) is 48.4 Å². The van der Waals surface area contributed by atoms with Crippen molar-refractivity contribution in [3.05, 3.63) is 53.6 Å². The fraction of sp³-hybridized carbons (Fsp3) is 0.222. The molecule has 1 saturated heterocycles. The number of nitrogens with zero attached hydrogens (tertiary/aromatic N) is 1. The van der Waals surface area contributed by atoms with Gasteiger partial charge in [-0.1, -0.05) is 23.9 Å². The van der Waals surface area contributed by atoms with Crippen molar-refractivity contribution < 1.29 is 22.7 Å². The number of nitrogens with one attached hydrogen (secondary N) is 1. The molecule has 27 heavy (non-hydrogen) atoms. The van der Waals surface area contributed by atoms with Crippen LogP contribution in [-0.2, 0) is 21.4 Å². The van der Waals surface area contributed by atoms with E-state index in [4.69, 9.17) is 4.74 Å². The largest absolute Gasteiger partial charge is 0.497 e. The summed E-state index contributed by atoms with van der Waals surface area (Å²) in [6, 6.07) is 11.3. The van der Waals surface area contributed by atoms with Crippen LogP contribution in [0.25, 0.3) is 0 Å². The van der Waals surface area contributed by atoms with Crippen molar-refractivity contribution in [2.24, 2.45) is 0 Å². The normalized spacial score (nSPS) is 14.5. The SMILES string of the molecule is COc1ccc(S(=O)(=O)Nc2ccc(CN3C(=O)CSC3=O)cc2)c(C)c1. The molecule has 3 rings (SSSR count). The van der Waals surface area contributed by atoms with Crippen LogP contribution in [0.5, 0.6) is 5.75 Å². The molecular weight excluding hydrogens is 388 g/mol. The maximum absolute atomic E-state index is 12.6. The third-order valence-electron chi connectivity index (χ3n) is 4.06. The Hall–Kier alpha value is -2.52. The fourth-order valence-corrected chi connectivity index (χ4v) is 4.67. The highest BCUT2D eigenvalue weighted by atomic mass is 32.2. The molecule has 0 bridgehead atoms.